The van der Waals surface area contributed by atoms with E-state index in [0.717, 1.165) is 96.3 Å². The predicted molar refractivity (Wildman–Crippen MR) is 297 cm³/mol. The van der Waals surface area contributed by atoms with E-state index in [1.165, 1.54) is 141 Å². The summed E-state index contributed by atoms with van der Waals surface area (Å²) in [7, 11) is 0. The van der Waals surface area contributed by atoms with Crippen molar-refractivity contribution in [3.63, 3.8) is 0 Å². The average Bonchev–Trinajstić information content (AvgIpc) is 3.35. The fraction of sp³-hybridized carbons (Fsp3) is 0.730. The maximum absolute atomic E-state index is 12.9. The van der Waals surface area contributed by atoms with Crippen molar-refractivity contribution in [2.24, 2.45) is 0 Å². The Bertz CT molecular complexity index is 1330. The lowest BCUT2D eigenvalue weighted by Crippen LogP contribution is -2.30. The van der Waals surface area contributed by atoms with Crippen molar-refractivity contribution >= 4 is 17.9 Å². The second-order valence-corrected chi connectivity index (χ2v) is 19.3. The molecule has 0 saturated carbocycles. The third kappa shape index (κ3) is 55.4. The fourth-order valence-corrected chi connectivity index (χ4v) is 8.09. The van der Waals surface area contributed by atoms with E-state index >= 15 is 0 Å². The molecule has 1 unspecified atom stereocenters. The summed E-state index contributed by atoms with van der Waals surface area (Å²) in [5, 5.41) is 0. The van der Waals surface area contributed by atoms with Gasteiger partial charge in [-0.1, -0.05) is 273 Å². The molecule has 396 valence electrons. The number of allylic oxidation sites excluding steroid dienone is 14. The van der Waals surface area contributed by atoms with Gasteiger partial charge in [-0.05, 0) is 70.6 Å². The molecule has 0 aliphatic heterocycles. The molecule has 0 aromatic heterocycles. The Kier molecular flexibility index (Phi) is 54.3. The minimum absolute atomic E-state index is 0.0864. The second-order valence-electron chi connectivity index (χ2n) is 19.3. The Morgan fingerprint density at radius 3 is 1.01 bits per heavy atom. The SMILES string of the molecule is CCC\C=C/C=C\C=C/C=C\C=C/CCCCCCCC(=O)OCC(COC(=O)CCCCCCCCCCCCCCCCCC)OC(=O)CCCCCCCCC/C=C\C/C=C\CCCCC. The molecule has 0 bridgehead atoms. The molecule has 0 aromatic rings. The monoisotopic (exact) mass is 961 g/mol. The first-order chi connectivity index (χ1) is 34.0. The number of carbonyl (C=O) groups is 3. The van der Waals surface area contributed by atoms with E-state index in [0.29, 0.717) is 19.3 Å². The summed E-state index contributed by atoms with van der Waals surface area (Å²) in [6.07, 6.45) is 74.2. The van der Waals surface area contributed by atoms with Gasteiger partial charge < -0.3 is 14.2 Å². The summed E-state index contributed by atoms with van der Waals surface area (Å²) in [6.45, 7) is 6.52. The second kappa shape index (κ2) is 57.2. The van der Waals surface area contributed by atoms with Gasteiger partial charge in [0, 0.05) is 19.3 Å². The van der Waals surface area contributed by atoms with Crippen molar-refractivity contribution in [2.75, 3.05) is 13.2 Å². The zero-order chi connectivity index (χ0) is 50.0. The standard InChI is InChI=1S/C63H108O6/c1-4-7-10-13-16-19-22-25-28-31-33-35-38-41-44-47-50-53-56-62(65)68-59-60(58-67-61(64)55-52-49-46-43-40-37-34-30-27-24-21-18-15-12-9-6-3)69-63(66)57-54-51-48-45-42-39-36-32-29-26-23-20-17-14-11-8-5-2/h10,13,16-17,19-20,22,25-26,28-29,31,33,35,60H,4-9,11-12,14-15,18,21,23-24,27,30,32,34,36-59H2,1-3H3/b13-10-,19-16-,20-17-,25-22-,29-26-,31-28-,35-33-. The normalized spacial score (nSPS) is 12.7. The lowest BCUT2D eigenvalue weighted by Gasteiger charge is -2.18. The summed E-state index contributed by atoms with van der Waals surface area (Å²) in [5.74, 6) is -0.911. The van der Waals surface area contributed by atoms with Gasteiger partial charge in [0.05, 0.1) is 0 Å². The first-order valence-corrected chi connectivity index (χ1v) is 29.2. The Morgan fingerprint density at radius 2 is 0.609 bits per heavy atom. The summed E-state index contributed by atoms with van der Waals surface area (Å²) >= 11 is 0. The molecule has 0 aliphatic rings. The van der Waals surface area contributed by atoms with Crippen LogP contribution >= 0.6 is 0 Å². The molecule has 0 fully saturated rings. The number of esters is 3. The first kappa shape index (κ1) is 65.6. The quantitative estimate of drug-likeness (QED) is 0.0199. The maximum atomic E-state index is 12.9. The Balaban J connectivity index is 4.44. The van der Waals surface area contributed by atoms with Crippen LogP contribution in [0.2, 0.25) is 0 Å². The zero-order valence-corrected chi connectivity index (χ0v) is 45.3. The minimum atomic E-state index is -0.791. The molecule has 0 aliphatic carbocycles. The number of unbranched alkanes of at least 4 members (excludes halogenated alkanes) is 31. The molecular formula is C63H108O6. The molecule has 0 amide bonds. The van der Waals surface area contributed by atoms with Crippen molar-refractivity contribution < 1.29 is 28.6 Å². The summed E-state index contributed by atoms with van der Waals surface area (Å²) in [6, 6.07) is 0. The molecule has 0 saturated heterocycles. The minimum Gasteiger partial charge on any atom is -0.462 e. The average molecular weight is 962 g/mol. The molecule has 0 N–H and O–H groups in total. The molecule has 6 heteroatoms. The van der Waals surface area contributed by atoms with Gasteiger partial charge >= 0.3 is 17.9 Å². The molecule has 6 nitrogen and oxygen atoms in total. The van der Waals surface area contributed by atoms with E-state index in [-0.39, 0.29) is 31.1 Å². The van der Waals surface area contributed by atoms with Crippen molar-refractivity contribution in [3.05, 3.63) is 85.1 Å². The van der Waals surface area contributed by atoms with Crippen molar-refractivity contribution in [1.82, 2.24) is 0 Å². The van der Waals surface area contributed by atoms with Gasteiger partial charge in [0.15, 0.2) is 6.10 Å². The smallest absolute Gasteiger partial charge is 0.306 e. The highest BCUT2D eigenvalue weighted by Gasteiger charge is 2.19. The van der Waals surface area contributed by atoms with E-state index in [1.807, 2.05) is 24.3 Å². The number of rotatable bonds is 52. The van der Waals surface area contributed by atoms with E-state index in [9.17, 15) is 14.4 Å². The van der Waals surface area contributed by atoms with Crippen LogP contribution in [0.1, 0.15) is 278 Å². The summed E-state index contributed by atoms with van der Waals surface area (Å²) in [5.41, 5.74) is 0. The summed E-state index contributed by atoms with van der Waals surface area (Å²) in [4.78, 5) is 38.2. The fourth-order valence-electron chi connectivity index (χ4n) is 8.09. The van der Waals surface area contributed by atoms with Gasteiger partial charge in [0.1, 0.15) is 13.2 Å². The Labute approximate surface area is 426 Å². The molecule has 0 heterocycles. The van der Waals surface area contributed by atoms with Crippen LogP contribution < -0.4 is 0 Å². The highest BCUT2D eigenvalue weighted by atomic mass is 16.6. The van der Waals surface area contributed by atoms with Gasteiger partial charge in [0.25, 0.3) is 0 Å². The molecule has 0 rings (SSSR count). The molecular weight excluding hydrogens is 853 g/mol. The van der Waals surface area contributed by atoms with Crippen molar-refractivity contribution in [2.45, 2.75) is 284 Å². The van der Waals surface area contributed by atoms with E-state index in [4.69, 9.17) is 14.2 Å². The van der Waals surface area contributed by atoms with Gasteiger partial charge in [-0.3, -0.25) is 14.4 Å². The van der Waals surface area contributed by atoms with Gasteiger partial charge in [-0.25, -0.2) is 0 Å². The van der Waals surface area contributed by atoms with Crippen LogP contribution in [0, 0.1) is 0 Å². The van der Waals surface area contributed by atoms with Crippen LogP contribution in [0.4, 0.5) is 0 Å². The number of carbonyl (C=O) groups excluding carboxylic acids is 3. The van der Waals surface area contributed by atoms with Gasteiger partial charge in [0.2, 0.25) is 0 Å². The topological polar surface area (TPSA) is 78.9 Å². The molecule has 69 heavy (non-hydrogen) atoms. The van der Waals surface area contributed by atoms with Crippen LogP contribution in [0.25, 0.3) is 0 Å². The molecule has 0 spiro atoms. The Morgan fingerprint density at radius 1 is 0.304 bits per heavy atom. The van der Waals surface area contributed by atoms with Crippen LogP contribution in [-0.2, 0) is 28.6 Å². The third-order valence-electron chi connectivity index (χ3n) is 12.5. The maximum Gasteiger partial charge on any atom is 0.306 e. The third-order valence-corrected chi connectivity index (χ3v) is 12.5. The van der Waals surface area contributed by atoms with Crippen LogP contribution in [-0.4, -0.2) is 37.2 Å². The van der Waals surface area contributed by atoms with E-state index in [1.54, 1.807) is 0 Å². The molecule has 1 atom stereocenters. The van der Waals surface area contributed by atoms with Crippen LogP contribution in [0.15, 0.2) is 85.1 Å². The number of hydrogen-bond donors (Lipinski definition) is 0. The highest BCUT2D eigenvalue weighted by Crippen LogP contribution is 2.16. The first-order valence-electron chi connectivity index (χ1n) is 29.2. The largest absolute Gasteiger partial charge is 0.462 e. The molecule has 0 aromatic carbocycles. The number of ether oxygens (including phenoxy) is 3. The van der Waals surface area contributed by atoms with Gasteiger partial charge in [-0.2, -0.15) is 0 Å². The Hall–Kier alpha value is -3.41. The van der Waals surface area contributed by atoms with Crippen molar-refractivity contribution in [3.8, 4) is 0 Å². The van der Waals surface area contributed by atoms with Gasteiger partial charge in [-0.15, -0.1) is 0 Å². The summed E-state index contributed by atoms with van der Waals surface area (Å²) < 4.78 is 16.9. The highest BCUT2D eigenvalue weighted by molar-refractivity contribution is 5.71. The zero-order valence-electron chi connectivity index (χ0n) is 45.3. The lowest BCUT2D eigenvalue weighted by atomic mass is 10.0. The lowest BCUT2D eigenvalue weighted by molar-refractivity contribution is -0.167. The van der Waals surface area contributed by atoms with Crippen molar-refractivity contribution in [1.29, 1.82) is 0 Å². The number of hydrogen-bond acceptors (Lipinski definition) is 6. The van der Waals surface area contributed by atoms with Crippen LogP contribution in [0.5, 0.6) is 0 Å². The van der Waals surface area contributed by atoms with E-state index in [2.05, 4.69) is 81.5 Å². The van der Waals surface area contributed by atoms with Crippen LogP contribution in [0.3, 0.4) is 0 Å². The van der Waals surface area contributed by atoms with E-state index < -0.39 is 6.10 Å². The predicted octanol–water partition coefficient (Wildman–Crippen LogP) is 19.5. The molecule has 0 radical (unpaired) electrons.